The molecule has 0 saturated heterocycles. The van der Waals surface area contributed by atoms with Crippen LogP contribution >= 0.6 is 0 Å². The lowest BCUT2D eigenvalue weighted by atomic mass is 9.88. The second-order valence-corrected chi connectivity index (χ2v) is 9.50. The van der Waals surface area contributed by atoms with E-state index in [2.05, 4.69) is 10.00 Å². The third-order valence-corrected chi connectivity index (χ3v) is 7.15. The van der Waals surface area contributed by atoms with Crippen LogP contribution in [0.4, 0.5) is 4.39 Å². The third-order valence-electron chi connectivity index (χ3n) is 7.15. The number of fused-ring (bicyclic) bond motifs is 1. The van der Waals surface area contributed by atoms with E-state index in [0.29, 0.717) is 17.7 Å². The number of rotatable bonds is 5. The van der Waals surface area contributed by atoms with Gasteiger partial charge in [-0.25, -0.2) is 4.39 Å². The lowest BCUT2D eigenvalue weighted by Crippen LogP contribution is -2.27. The number of aromatic nitrogens is 2. The lowest BCUT2D eigenvalue weighted by Gasteiger charge is -2.24. The van der Waals surface area contributed by atoms with Gasteiger partial charge in [-0.05, 0) is 68.6 Å². The van der Waals surface area contributed by atoms with Crippen molar-refractivity contribution in [3.63, 3.8) is 0 Å². The zero-order chi connectivity index (χ0) is 20.5. The van der Waals surface area contributed by atoms with Gasteiger partial charge in [0.15, 0.2) is 5.69 Å². The van der Waals surface area contributed by atoms with E-state index in [9.17, 15) is 9.18 Å². The highest BCUT2D eigenvalue weighted by molar-refractivity contribution is 5.94. The average Bonchev–Trinajstić information content (AvgIpc) is 3.54. The van der Waals surface area contributed by atoms with Crippen LogP contribution in [0.25, 0.3) is 0 Å². The molecule has 0 radical (unpaired) electrons. The van der Waals surface area contributed by atoms with Crippen molar-refractivity contribution in [3.05, 3.63) is 52.6 Å². The summed E-state index contributed by atoms with van der Waals surface area (Å²) in [4.78, 5) is 13.0. The maximum absolute atomic E-state index is 13.6. The van der Waals surface area contributed by atoms with Gasteiger partial charge in [0.2, 0.25) is 0 Å². The Labute approximate surface area is 178 Å². The van der Waals surface area contributed by atoms with Crippen LogP contribution in [0.3, 0.4) is 0 Å². The fourth-order valence-electron chi connectivity index (χ4n) is 5.37. The molecule has 5 rings (SSSR count). The highest BCUT2D eigenvalue weighted by Gasteiger charge is 2.33. The maximum atomic E-state index is 13.6. The SMILES string of the molecule is O=C(NC1CC1)c1nn(CC2CCCCC2)c2c1CCCCC2c1ccc(F)cc1. The van der Waals surface area contributed by atoms with Crippen molar-refractivity contribution in [2.24, 2.45) is 5.92 Å². The normalized spacial score (nSPS) is 22.4. The summed E-state index contributed by atoms with van der Waals surface area (Å²) >= 11 is 0. The fourth-order valence-corrected chi connectivity index (χ4v) is 5.37. The van der Waals surface area contributed by atoms with E-state index in [1.807, 2.05) is 12.1 Å². The number of halogens is 1. The summed E-state index contributed by atoms with van der Waals surface area (Å²) in [5.41, 5.74) is 4.13. The van der Waals surface area contributed by atoms with Crippen LogP contribution in [0.5, 0.6) is 0 Å². The Kier molecular flexibility index (Phi) is 5.62. The monoisotopic (exact) mass is 409 g/mol. The number of amides is 1. The van der Waals surface area contributed by atoms with Crippen LogP contribution in [0.15, 0.2) is 24.3 Å². The number of hydrogen-bond acceptors (Lipinski definition) is 2. The van der Waals surface area contributed by atoms with Crippen molar-refractivity contribution in [2.75, 3.05) is 0 Å². The molecule has 1 heterocycles. The van der Waals surface area contributed by atoms with Crippen molar-refractivity contribution in [2.45, 2.75) is 89.1 Å². The molecule has 1 unspecified atom stereocenters. The Morgan fingerprint density at radius 2 is 1.73 bits per heavy atom. The number of hydrogen-bond donors (Lipinski definition) is 1. The van der Waals surface area contributed by atoms with Gasteiger partial charge in [0, 0.05) is 29.8 Å². The second-order valence-electron chi connectivity index (χ2n) is 9.50. The molecule has 3 aliphatic carbocycles. The first-order chi connectivity index (χ1) is 14.7. The van der Waals surface area contributed by atoms with E-state index in [1.165, 1.54) is 37.8 Å². The van der Waals surface area contributed by atoms with Gasteiger partial charge in [-0.2, -0.15) is 5.10 Å². The Bertz CT molecular complexity index is 894. The quantitative estimate of drug-likeness (QED) is 0.677. The molecule has 3 aliphatic rings. The lowest BCUT2D eigenvalue weighted by molar-refractivity contribution is 0.0944. The topological polar surface area (TPSA) is 46.9 Å². The number of carbonyl (C=O) groups is 1. The zero-order valence-corrected chi connectivity index (χ0v) is 17.7. The first-order valence-electron chi connectivity index (χ1n) is 11.8. The molecule has 30 heavy (non-hydrogen) atoms. The summed E-state index contributed by atoms with van der Waals surface area (Å²) in [6.45, 7) is 0.900. The van der Waals surface area contributed by atoms with Gasteiger partial charge >= 0.3 is 0 Å². The van der Waals surface area contributed by atoms with Crippen LogP contribution < -0.4 is 5.32 Å². The molecule has 0 bridgehead atoms. The second kappa shape index (κ2) is 8.52. The molecular formula is C25H32FN3O. The molecule has 1 aromatic carbocycles. The molecule has 2 saturated carbocycles. The van der Waals surface area contributed by atoms with Gasteiger partial charge < -0.3 is 5.32 Å². The molecule has 4 nitrogen and oxygen atoms in total. The van der Waals surface area contributed by atoms with Gasteiger partial charge in [-0.3, -0.25) is 9.48 Å². The molecule has 0 aliphatic heterocycles. The maximum Gasteiger partial charge on any atom is 0.272 e. The van der Waals surface area contributed by atoms with E-state index in [0.717, 1.165) is 56.2 Å². The minimum atomic E-state index is -0.201. The van der Waals surface area contributed by atoms with Crippen molar-refractivity contribution in [3.8, 4) is 0 Å². The van der Waals surface area contributed by atoms with Crippen LogP contribution in [-0.4, -0.2) is 21.7 Å². The Morgan fingerprint density at radius 1 is 1.00 bits per heavy atom. The van der Waals surface area contributed by atoms with Gasteiger partial charge in [-0.15, -0.1) is 0 Å². The van der Waals surface area contributed by atoms with E-state index >= 15 is 0 Å². The summed E-state index contributed by atoms with van der Waals surface area (Å²) in [7, 11) is 0. The molecule has 1 amide bonds. The van der Waals surface area contributed by atoms with Gasteiger partial charge in [0.1, 0.15) is 5.82 Å². The molecule has 2 fully saturated rings. The average molecular weight is 410 g/mol. The molecule has 1 atom stereocenters. The standard InChI is InChI=1S/C25H32FN3O/c26-19-12-10-18(11-13-19)21-8-4-5-9-22-23(25(30)27-20-14-15-20)28-29(24(21)22)16-17-6-2-1-3-7-17/h10-13,17,20-21H,1-9,14-16H2,(H,27,30). The molecular weight excluding hydrogens is 377 g/mol. The smallest absolute Gasteiger partial charge is 0.272 e. The van der Waals surface area contributed by atoms with Gasteiger partial charge in [-0.1, -0.05) is 37.8 Å². The van der Waals surface area contributed by atoms with Crippen LogP contribution in [-0.2, 0) is 13.0 Å². The fraction of sp³-hybridized carbons (Fsp3) is 0.600. The van der Waals surface area contributed by atoms with Crippen molar-refractivity contribution >= 4 is 5.91 Å². The number of benzene rings is 1. The Morgan fingerprint density at radius 3 is 2.47 bits per heavy atom. The van der Waals surface area contributed by atoms with Crippen LogP contribution in [0.2, 0.25) is 0 Å². The van der Waals surface area contributed by atoms with Gasteiger partial charge in [0.25, 0.3) is 5.91 Å². The van der Waals surface area contributed by atoms with Crippen LogP contribution in [0.1, 0.15) is 97.4 Å². The highest BCUT2D eigenvalue weighted by Crippen LogP contribution is 2.38. The Hall–Kier alpha value is -2.17. The van der Waals surface area contributed by atoms with Crippen LogP contribution in [0, 0.1) is 11.7 Å². The van der Waals surface area contributed by atoms with E-state index < -0.39 is 0 Å². The molecule has 1 aromatic heterocycles. The van der Waals surface area contributed by atoms with Gasteiger partial charge in [0.05, 0.1) is 0 Å². The molecule has 2 aromatic rings. The first-order valence-corrected chi connectivity index (χ1v) is 11.8. The largest absolute Gasteiger partial charge is 0.348 e. The van der Waals surface area contributed by atoms with Crippen molar-refractivity contribution in [1.29, 1.82) is 0 Å². The predicted molar refractivity (Wildman–Crippen MR) is 115 cm³/mol. The first kappa shape index (κ1) is 19.8. The minimum Gasteiger partial charge on any atom is -0.348 e. The Balaban J connectivity index is 1.55. The summed E-state index contributed by atoms with van der Waals surface area (Å²) in [6, 6.07) is 7.27. The summed E-state index contributed by atoms with van der Waals surface area (Å²) in [6.07, 6.45) is 12.7. The predicted octanol–water partition coefficient (Wildman–Crippen LogP) is 5.35. The van der Waals surface area contributed by atoms with Crippen molar-refractivity contribution < 1.29 is 9.18 Å². The highest BCUT2D eigenvalue weighted by atomic mass is 19.1. The third kappa shape index (κ3) is 4.17. The van der Waals surface area contributed by atoms with E-state index in [4.69, 9.17) is 5.10 Å². The number of carbonyl (C=O) groups excluding carboxylic acids is 1. The summed E-state index contributed by atoms with van der Waals surface area (Å²) < 4.78 is 15.8. The van der Waals surface area contributed by atoms with E-state index in [1.54, 1.807) is 12.1 Å². The number of nitrogens with one attached hydrogen (secondary N) is 1. The molecule has 1 N–H and O–H groups in total. The zero-order valence-electron chi connectivity index (χ0n) is 17.7. The minimum absolute atomic E-state index is 0.00380. The number of nitrogens with zero attached hydrogens (tertiary/aromatic N) is 2. The molecule has 0 spiro atoms. The van der Waals surface area contributed by atoms with E-state index in [-0.39, 0.29) is 17.6 Å². The summed E-state index contributed by atoms with van der Waals surface area (Å²) in [5, 5.41) is 8.09. The molecule has 5 heteroatoms. The molecule has 160 valence electrons. The van der Waals surface area contributed by atoms with Crippen molar-refractivity contribution in [1.82, 2.24) is 15.1 Å². The summed E-state index contributed by atoms with van der Waals surface area (Å²) in [5.74, 6) is 0.615.